The molecule has 0 saturated carbocycles. The summed E-state index contributed by atoms with van der Waals surface area (Å²) in [5.41, 5.74) is 1.72. The van der Waals surface area contributed by atoms with Gasteiger partial charge in [0.25, 0.3) is 0 Å². The van der Waals surface area contributed by atoms with Crippen LogP contribution >= 0.6 is 0 Å². The van der Waals surface area contributed by atoms with Gasteiger partial charge in [-0.2, -0.15) is 13.2 Å². The van der Waals surface area contributed by atoms with Crippen LogP contribution in [0.25, 0.3) is 22.1 Å². The molecule has 0 spiro atoms. The second-order valence-electron chi connectivity index (χ2n) is 6.01. The summed E-state index contributed by atoms with van der Waals surface area (Å²) in [7, 11) is 0. The lowest BCUT2D eigenvalue weighted by atomic mass is 10.00. The fourth-order valence-electron chi connectivity index (χ4n) is 3.29. The van der Waals surface area contributed by atoms with E-state index in [1.807, 2.05) is 0 Å². The smallest absolute Gasteiger partial charge is 0.349 e. The van der Waals surface area contributed by atoms with E-state index < -0.39 is 18.5 Å². The second-order valence-corrected chi connectivity index (χ2v) is 6.01. The third-order valence-electron chi connectivity index (χ3n) is 4.39. The summed E-state index contributed by atoms with van der Waals surface area (Å²) in [5, 5.41) is 9.57. The molecule has 1 aliphatic rings. The van der Waals surface area contributed by atoms with Gasteiger partial charge in [-0.3, -0.25) is 4.79 Å². The number of alkyl halides is 3. The number of rotatable bonds is 2. The number of aromatic amines is 1. The van der Waals surface area contributed by atoms with Gasteiger partial charge in [0.1, 0.15) is 6.42 Å². The molecule has 7 nitrogen and oxygen atoms in total. The molecule has 1 aliphatic heterocycles. The fraction of sp³-hybridized carbons (Fsp3) is 0.400. The maximum Gasteiger partial charge on any atom is 0.397 e. The summed E-state index contributed by atoms with van der Waals surface area (Å²) in [6.07, 6.45) is -2.26. The zero-order chi connectivity index (χ0) is 17.6. The minimum atomic E-state index is -4.49. The second kappa shape index (κ2) is 5.64. The minimum absolute atomic E-state index is 0.120. The molecule has 0 radical (unpaired) electrons. The Kier molecular flexibility index (Phi) is 3.55. The molecule has 0 aromatic carbocycles. The number of nitrogens with zero attached hydrogens (tertiary/aromatic N) is 5. The van der Waals surface area contributed by atoms with Crippen molar-refractivity contribution in [3.05, 3.63) is 24.3 Å². The number of halogens is 3. The number of likely N-dealkylation sites (tertiary alicyclic amines) is 1. The van der Waals surface area contributed by atoms with Gasteiger partial charge in [-0.15, -0.1) is 10.2 Å². The summed E-state index contributed by atoms with van der Waals surface area (Å²) < 4.78 is 37.3. The molecule has 3 aromatic rings. The maximum absolute atomic E-state index is 12.4. The Labute approximate surface area is 139 Å². The van der Waals surface area contributed by atoms with Crippen LogP contribution < -0.4 is 0 Å². The van der Waals surface area contributed by atoms with E-state index in [1.54, 1.807) is 12.3 Å². The van der Waals surface area contributed by atoms with Gasteiger partial charge >= 0.3 is 6.18 Å². The van der Waals surface area contributed by atoms with Crippen LogP contribution in [-0.2, 0) is 4.79 Å². The van der Waals surface area contributed by atoms with Gasteiger partial charge in [0, 0.05) is 36.3 Å². The minimum Gasteiger partial charge on any atom is -0.349 e. The lowest BCUT2D eigenvalue weighted by molar-refractivity contribution is -0.160. The SMILES string of the molecule is O=C(CC(F)(F)F)N1CCC(c2[nH]cnc3nnc4nccc4c23)C1. The average molecular weight is 350 g/mol. The Balaban J connectivity index is 1.67. The number of hydrogen-bond donors (Lipinski definition) is 1. The van der Waals surface area contributed by atoms with Crippen LogP contribution in [0.15, 0.2) is 18.6 Å². The number of carbonyl (C=O) groups is 1. The largest absolute Gasteiger partial charge is 0.397 e. The number of aromatic nitrogens is 5. The van der Waals surface area contributed by atoms with Gasteiger partial charge in [-0.05, 0) is 12.5 Å². The summed E-state index contributed by atoms with van der Waals surface area (Å²) in [6.45, 7) is 0.515. The molecule has 1 atom stereocenters. The Bertz CT molecular complexity index is 953. The van der Waals surface area contributed by atoms with Gasteiger partial charge in [0.2, 0.25) is 5.91 Å². The molecule has 1 amide bonds. The van der Waals surface area contributed by atoms with Gasteiger partial charge in [0.05, 0.1) is 11.7 Å². The Morgan fingerprint density at radius 2 is 2.08 bits per heavy atom. The van der Waals surface area contributed by atoms with Crippen LogP contribution in [-0.4, -0.2) is 55.2 Å². The molecular formula is C15H13F3N6O. The van der Waals surface area contributed by atoms with Crippen molar-refractivity contribution < 1.29 is 18.0 Å². The van der Waals surface area contributed by atoms with Crippen molar-refractivity contribution in [3.63, 3.8) is 0 Å². The zero-order valence-corrected chi connectivity index (χ0v) is 12.9. The highest BCUT2D eigenvalue weighted by molar-refractivity contribution is 6.02. The van der Waals surface area contributed by atoms with Gasteiger partial charge in [-0.1, -0.05) is 0 Å². The van der Waals surface area contributed by atoms with Crippen LogP contribution in [0, 0.1) is 0 Å². The quantitative estimate of drug-likeness (QED) is 0.765. The molecule has 0 aliphatic carbocycles. The number of fused-ring (bicyclic) bond motifs is 3. The van der Waals surface area contributed by atoms with E-state index in [0.29, 0.717) is 17.7 Å². The van der Waals surface area contributed by atoms with E-state index in [-0.39, 0.29) is 19.0 Å². The van der Waals surface area contributed by atoms with Crippen LogP contribution in [0.5, 0.6) is 0 Å². The standard InChI is InChI=1S/C15H13F3N6O/c16-15(17,18)5-10(25)24-4-2-8(6-24)12-11-9-1-3-19-13(9)22-23-14(11)21-7-20-12/h1,3,7-8H,2,4-6H2,(H,20,21,23). The number of amides is 1. The first-order chi connectivity index (χ1) is 11.9. The van der Waals surface area contributed by atoms with Crippen molar-refractivity contribution >= 4 is 28.0 Å². The van der Waals surface area contributed by atoms with Gasteiger partial charge in [0.15, 0.2) is 11.3 Å². The predicted molar refractivity (Wildman–Crippen MR) is 81.6 cm³/mol. The molecule has 1 N–H and O–H groups in total. The normalized spacial score (nSPS) is 18.4. The summed E-state index contributed by atoms with van der Waals surface area (Å²) in [6, 6.07) is 1.80. The highest BCUT2D eigenvalue weighted by atomic mass is 19.4. The zero-order valence-electron chi connectivity index (χ0n) is 12.9. The predicted octanol–water partition coefficient (Wildman–Crippen LogP) is 2.17. The first-order valence-corrected chi connectivity index (χ1v) is 7.71. The fourth-order valence-corrected chi connectivity index (χ4v) is 3.29. The number of hydrogen-bond acceptors (Lipinski definition) is 5. The van der Waals surface area contributed by atoms with Crippen LogP contribution in [0.3, 0.4) is 0 Å². The molecule has 3 aromatic heterocycles. The Hall–Kier alpha value is -2.78. The van der Waals surface area contributed by atoms with Crippen molar-refractivity contribution in [1.29, 1.82) is 0 Å². The van der Waals surface area contributed by atoms with Gasteiger partial charge < -0.3 is 9.88 Å². The number of nitrogens with one attached hydrogen (secondary N) is 1. The summed E-state index contributed by atoms with van der Waals surface area (Å²) in [5.74, 6) is -1.02. The first-order valence-electron chi connectivity index (χ1n) is 7.71. The molecule has 0 bridgehead atoms. The lowest BCUT2D eigenvalue weighted by Gasteiger charge is -2.18. The maximum atomic E-state index is 12.4. The van der Waals surface area contributed by atoms with Crippen molar-refractivity contribution in [2.45, 2.75) is 24.9 Å². The number of H-pyrrole nitrogens is 1. The van der Waals surface area contributed by atoms with Crippen molar-refractivity contribution in [2.75, 3.05) is 13.1 Å². The lowest BCUT2D eigenvalue weighted by Crippen LogP contribution is -2.32. The third kappa shape index (κ3) is 2.87. The van der Waals surface area contributed by atoms with Crippen molar-refractivity contribution in [3.8, 4) is 0 Å². The van der Waals surface area contributed by atoms with E-state index >= 15 is 0 Å². The summed E-state index contributed by atoms with van der Waals surface area (Å²) >= 11 is 0. The van der Waals surface area contributed by atoms with Crippen molar-refractivity contribution in [2.24, 2.45) is 0 Å². The molecular weight excluding hydrogens is 337 g/mol. The Morgan fingerprint density at radius 3 is 2.88 bits per heavy atom. The van der Waals surface area contributed by atoms with Crippen LogP contribution in [0.2, 0.25) is 0 Å². The molecule has 4 rings (SSSR count). The molecule has 4 heterocycles. The highest BCUT2D eigenvalue weighted by Gasteiger charge is 2.36. The first kappa shape index (κ1) is 15.7. The molecule has 130 valence electrons. The van der Waals surface area contributed by atoms with E-state index in [2.05, 4.69) is 25.1 Å². The van der Waals surface area contributed by atoms with E-state index in [0.717, 1.165) is 16.5 Å². The van der Waals surface area contributed by atoms with E-state index in [4.69, 9.17) is 0 Å². The molecule has 1 fully saturated rings. The monoisotopic (exact) mass is 350 g/mol. The van der Waals surface area contributed by atoms with Gasteiger partial charge in [-0.25, -0.2) is 9.97 Å². The Morgan fingerprint density at radius 1 is 1.28 bits per heavy atom. The third-order valence-corrected chi connectivity index (χ3v) is 4.39. The molecule has 1 unspecified atom stereocenters. The molecule has 10 heteroatoms. The molecule has 25 heavy (non-hydrogen) atoms. The van der Waals surface area contributed by atoms with Crippen LogP contribution in [0.1, 0.15) is 24.5 Å². The number of carbonyl (C=O) groups excluding carboxylic acids is 1. The average Bonchev–Trinajstić information content (AvgIpc) is 3.22. The van der Waals surface area contributed by atoms with E-state index in [9.17, 15) is 18.0 Å². The highest BCUT2D eigenvalue weighted by Crippen LogP contribution is 2.33. The summed E-state index contributed by atoms with van der Waals surface area (Å²) in [4.78, 5) is 24.4. The molecule has 1 saturated heterocycles. The van der Waals surface area contributed by atoms with Crippen LogP contribution in [0.4, 0.5) is 13.2 Å². The van der Waals surface area contributed by atoms with E-state index in [1.165, 1.54) is 11.2 Å². The topological polar surface area (TPSA) is 87.7 Å². The van der Waals surface area contributed by atoms with Crippen molar-refractivity contribution in [1.82, 2.24) is 30.0 Å².